The van der Waals surface area contributed by atoms with Crippen LogP contribution >= 0.6 is 15.6 Å². The summed E-state index contributed by atoms with van der Waals surface area (Å²) in [5.74, 6) is 0. The topological polar surface area (TPSA) is 191 Å². The van der Waals surface area contributed by atoms with Crippen LogP contribution in [0.2, 0.25) is 0 Å². The van der Waals surface area contributed by atoms with Gasteiger partial charge in [0.2, 0.25) is 0 Å². The van der Waals surface area contributed by atoms with Crippen molar-refractivity contribution in [2.24, 2.45) is 5.41 Å². The van der Waals surface area contributed by atoms with Crippen LogP contribution in [0.3, 0.4) is 0 Å². The molecular formula is C17H42O13P2. The lowest BCUT2D eigenvalue weighted by molar-refractivity contribution is 0.00230. The standard InChI is InChI=1S/C8H18O5.C5H14O7P2.C4H10O/c9-1-3-11-5-7-13-8-6-12-4-2-10;1-5(2,3)4-11-14(9,10)12-13(6,7)8;1-3-5-4-2/h9-10H,1-8H2;4H2,1-3H3,(H,9,10)(H2,6,7,8);3-4H2,1-2H3. The predicted molar refractivity (Wildman–Crippen MR) is 117 cm³/mol. The molecule has 0 aliphatic rings. The largest absolute Gasteiger partial charge is 0.481 e. The number of aliphatic hydroxyl groups excluding tert-OH is 2. The van der Waals surface area contributed by atoms with Crippen LogP contribution in [-0.2, 0) is 36.9 Å². The minimum absolute atomic E-state index is 0.0413. The monoisotopic (exact) mass is 516 g/mol. The van der Waals surface area contributed by atoms with E-state index in [1.807, 2.05) is 13.8 Å². The molecule has 0 saturated heterocycles. The van der Waals surface area contributed by atoms with Gasteiger partial charge >= 0.3 is 15.6 Å². The Labute approximate surface area is 190 Å². The second kappa shape index (κ2) is 22.8. The third-order valence-electron chi connectivity index (χ3n) is 2.49. The van der Waals surface area contributed by atoms with E-state index in [-0.39, 0.29) is 19.8 Å². The van der Waals surface area contributed by atoms with E-state index in [0.717, 1.165) is 13.2 Å². The predicted octanol–water partition coefficient (Wildman–Crippen LogP) is 1.32. The van der Waals surface area contributed by atoms with Crippen LogP contribution in [0, 0.1) is 5.41 Å². The van der Waals surface area contributed by atoms with Crippen LogP contribution in [0.1, 0.15) is 34.6 Å². The van der Waals surface area contributed by atoms with Gasteiger partial charge in [-0.25, -0.2) is 9.13 Å². The fourth-order valence-corrected chi connectivity index (χ4v) is 3.12. The average molecular weight is 516 g/mol. The first-order valence-electron chi connectivity index (χ1n) is 10.0. The zero-order valence-electron chi connectivity index (χ0n) is 19.7. The van der Waals surface area contributed by atoms with Gasteiger partial charge in [0, 0.05) is 13.2 Å². The second-order valence-electron chi connectivity index (χ2n) is 6.94. The lowest BCUT2D eigenvalue weighted by Gasteiger charge is -2.20. The Hall–Kier alpha value is 0.0200. The maximum absolute atomic E-state index is 10.9. The number of hydrogen-bond donors (Lipinski definition) is 5. The fraction of sp³-hybridized carbons (Fsp3) is 1.00. The summed E-state index contributed by atoms with van der Waals surface area (Å²) in [6, 6.07) is 0. The van der Waals surface area contributed by atoms with E-state index in [0.29, 0.717) is 39.6 Å². The number of phosphoric ester groups is 1. The molecular weight excluding hydrogens is 474 g/mol. The smallest absolute Gasteiger partial charge is 0.394 e. The Balaban J connectivity index is -0.000000436. The van der Waals surface area contributed by atoms with Crippen molar-refractivity contribution < 1.29 is 61.8 Å². The van der Waals surface area contributed by atoms with Crippen molar-refractivity contribution in [1.29, 1.82) is 0 Å². The van der Waals surface area contributed by atoms with Crippen molar-refractivity contribution in [2.75, 3.05) is 72.7 Å². The fourth-order valence-electron chi connectivity index (χ4n) is 1.31. The van der Waals surface area contributed by atoms with Gasteiger partial charge in [0.1, 0.15) is 0 Å². The maximum atomic E-state index is 10.9. The van der Waals surface area contributed by atoms with Crippen molar-refractivity contribution in [1.82, 2.24) is 0 Å². The van der Waals surface area contributed by atoms with E-state index in [4.69, 9.17) is 43.8 Å². The molecule has 1 unspecified atom stereocenters. The Morgan fingerprint density at radius 3 is 1.31 bits per heavy atom. The molecule has 0 aliphatic heterocycles. The van der Waals surface area contributed by atoms with E-state index in [1.54, 1.807) is 20.8 Å². The Morgan fingerprint density at radius 2 is 1.06 bits per heavy atom. The van der Waals surface area contributed by atoms with Gasteiger partial charge < -0.3 is 43.8 Å². The third-order valence-corrected chi connectivity index (χ3v) is 4.63. The molecule has 0 fully saturated rings. The summed E-state index contributed by atoms with van der Waals surface area (Å²) >= 11 is 0. The molecule has 198 valence electrons. The molecule has 32 heavy (non-hydrogen) atoms. The first-order chi connectivity index (χ1) is 14.7. The van der Waals surface area contributed by atoms with Gasteiger partial charge in [0.05, 0.1) is 59.5 Å². The normalized spacial score (nSPS) is 13.4. The van der Waals surface area contributed by atoms with Crippen molar-refractivity contribution in [3.05, 3.63) is 0 Å². The molecule has 0 radical (unpaired) electrons. The summed E-state index contributed by atoms with van der Waals surface area (Å²) in [5.41, 5.74) is -0.406. The van der Waals surface area contributed by atoms with Crippen LogP contribution < -0.4 is 0 Å². The van der Waals surface area contributed by atoms with Crippen LogP contribution in [0.5, 0.6) is 0 Å². The molecule has 0 saturated carbocycles. The molecule has 0 spiro atoms. The Kier molecular flexibility index (Phi) is 26.1. The number of ether oxygens (including phenoxy) is 4. The minimum atomic E-state index is -5.01. The molecule has 0 aromatic heterocycles. The molecule has 1 atom stereocenters. The van der Waals surface area contributed by atoms with Crippen LogP contribution in [0.15, 0.2) is 0 Å². The van der Waals surface area contributed by atoms with Gasteiger partial charge in [0.25, 0.3) is 0 Å². The van der Waals surface area contributed by atoms with Gasteiger partial charge in [-0.3, -0.25) is 4.52 Å². The molecule has 0 amide bonds. The van der Waals surface area contributed by atoms with Gasteiger partial charge in [-0.2, -0.15) is 4.31 Å². The van der Waals surface area contributed by atoms with E-state index < -0.39 is 21.1 Å². The van der Waals surface area contributed by atoms with Gasteiger partial charge in [-0.05, 0) is 19.3 Å². The highest BCUT2D eigenvalue weighted by Gasteiger charge is 2.33. The number of aliphatic hydroxyl groups is 2. The maximum Gasteiger partial charge on any atom is 0.481 e. The number of rotatable bonds is 16. The summed E-state index contributed by atoms with van der Waals surface area (Å²) in [4.78, 5) is 25.4. The minimum Gasteiger partial charge on any atom is -0.394 e. The summed E-state index contributed by atoms with van der Waals surface area (Å²) < 4.78 is 48.9. The molecule has 5 N–H and O–H groups in total. The molecule has 15 heteroatoms. The van der Waals surface area contributed by atoms with Crippen molar-refractivity contribution in [3.63, 3.8) is 0 Å². The third kappa shape index (κ3) is 40.4. The average Bonchev–Trinajstić information content (AvgIpc) is 2.65. The van der Waals surface area contributed by atoms with Crippen LogP contribution in [0.25, 0.3) is 0 Å². The van der Waals surface area contributed by atoms with Crippen molar-refractivity contribution in [2.45, 2.75) is 34.6 Å². The molecule has 0 heterocycles. The highest BCUT2D eigenvalue weighted by molar-refractivity contribution is 7.60. The quantitative estimate of drug-likeness (QED) is 0.146. The first-order valence-corrected chi connectivity index (χ1v) is 13.0. The van der Waals surface area contributed by atoms with E-state index >= 15 is 0 Å². The second-order valence-corrected chi connectivity index (χ2v) is 9.77. The van der Waals surface area contributed by atoms with Gasteiger partial charge in [-0.1, -0.05) is 20.8 Å². The lowest BCUT2D eigenvalue weighted by atomic mass is 9.99. The Morgan fingerprint density at radius 1 is 0.688 bits per heavy atom. The number of phosphoric acid groups is 2. The molecule has 0 aromatic carbocycles. The summed E-state index contributed by atoms with van der Waals surface area (Å²) in [6.07, 6.45) is 0. The van der Waals surface area contributed by atoms with E-state index in [2.05, 4.69) is 8.83 Å². The van der Waals surface area contributed by atoms with Crippen molar-refractivity contribution >= 4 is 15.6 Å². The highest BCUT2D eigenvalue weighted by Crippen LogP contribution is 2.57. The summed E-state index contributed by atoms with van der Waals surface area (Å²) in [6.45, 7) is 13.5. The molecule has 13 nitrogen and oxygen atoms in total. The zero-order chi connectivity index (χ0) is 25.5. The molecule has 0 rings (SSSR count). The van der Waals surface area contributed by atoms with Crippen LogP contribution in [-0.4, -0.2) is 97.6 Å². The summed E-state index contributed by atoms with van der Waals surface area (Å²) in [5, 5.41) is 16.7. The molecule has 0 aliphatic carbocycles. The van der Waals surface area contributed by atoms with E-state index in [9.17, 15) is 9.13 Å². The van der Waals surface area contributed by atoms with Gasteiger partial charge in [0.15, 0.2) is 0 Å². The first kappa shape index (κ1) is 36.6. The SMILES string of the molecule is CC(C)(C)COP(=O)(O)OP(=O)(O)O.CCOCC.OCCOCCOCCOCCO. The van der Waals surface area contributed by atoms with Gasteiger partial charge in [-0.15, -0.1) is 0 Å². The highest BCUT2D eigenvalue weighted by atomic mass is 31.3. The molecule has 0 bridgehead atoms. The van der Waals surface area contributed by atoms with Crippen molar-refractivity contribution in [3.8, 4) is 0 Å². The zero-order valence-corrected chi connectivity index (χ0v) is 21.5. The number of hydrogen-bond acceptors (Lipinski definition) is 10. The van der Waals surface area contributed by atoms with E-state index in [1.165, 1.54) is 0 Å². The van der Waals surface area contributed by atoms with Crippen LogP contribution in [0.4, 0.5) is 0 Å². The Bertz CT molecular complexity index is 468. The molecule has 0 aromatic rings. The lowest BCUT2D eigenvalue weighted by Crippen LogP contribution is -2.13. The summed E-state index contributed by atoms with van der Waals surface area (Å²) in [7, 11) is -9.68.